The van der Waals surface area contributed by atoms with Gasteiger partial charge in [-0.15, -0.1) is 0 Å². The summed E-state index contributed by atoms with van der Waals surface area (Å²) < 4.78 is 12.9. The molecule has 1 aliphatic rings. The number of hydrogen-bond acceptors (Lipinski definition) is 4. The first-order chi connectivity index (χ1) is 11.6. The molecule has 1 aliphatic heterocycles. The topological polar surface area (TPSA) is 53.3 Å². The Morgan fingerprint density at radius 2 is 2.04 bits per heavy atom. The number of hydrogen-bond donors (Lipinski definition) is 0. The lowest BCUT2D eigenvalue weighted by atomic mass is 10.1. The highest BCUT2D eigenvalue weighted by Crippen LogP contribution is 2.23. The van der Waals surface area contributed by atoms with Crippen LogP contribution in [0.2, 0.25) is 0 Å². The largest absolute Gasteiger partial charge is 0.459 e. The van der Waals surface area contributed by atoms with Gasteiger partial charge in [0.25, 0.3) is 0 Å². The molecule has 3 rings (SSSR count). The number of carbonyl (C=O) groups excluding carboxylic acids is 1. The quantitative estimate of drug-likeness (QED) is 0.790. The molecule has 1 atom stereocenters. The Labute approximate surface area is 142 Å². The van der Waals surface area contributed by atoms with Crippen molar-refractivity contribution in [3.63, 3.8) is 0 Å². The fourth-order valence-electron chi connectivity index (χ4n) is 3.16. The summed E-state index contributed by atoms with van der Waals surface area (Å²) in [5, 5.41) is 4.41. The van der Waals surface area contributed by atoms with Gasteiger partial charge in [-0.3, -0.25) is 4.68 Å². The zero-order valence-corrected chi connectivity index (χ0v) is 14.3. The maximum Gasteiger partial charge on any atom is 0.341 e. The van der Waals surface area contributed by atoms with Crippen LogP contribution < -0.4 is 0 Å². The number of benzene rings is 1. The second-order valence-electron chi connectivity index (χ2n) is 6.34. The number of ether oxygens (including phenoxy) is 2. The Morgan fingerprint density at radius 1 is 1.33 bits per heavy atom. The van der Waals surface area contributed by atoms with Gasteiger partial charge < -0.3 is 9.47 Å². The van der Waals surface area contributed by atoms with E-state index < -0.39 is 0 Å². The van der Waals surface area contributed by atoms with Crippen molar-refractivity contribution in [3.05, 3.63) is 53.3 Å². The smallest absolute Gasteiger partial charge is 0.341 e. The third kappa shape index (κ3) is 3.85. The predicted octanol–water partition coefficient (Wildman–Crippen LogP) is 3.33. The predicted molar refractivity (Wildman–Crippen MR) is 91.1 cm³/mol. The second kappa shape index (κ2) is 7.62. The third-order valence-electron chi connectivity index (χ3n) is 4.48. The molecule has 24 heavy (non-hydrogen) atoms. The van der Waals surface area contributed by atoms with Crippen LogP contribution in [0.3, 0.4) is 0 Å². The highest BCUT2D eigenvalue weighted by Gasteiger charge is 2.23. The zero-order chi connectivity index (χ0) is 16.9. The highest BCUT2D eigenvalue weighted by atomic mass is 16.5. The van der Waals surface area contributed by atoms with Crippen molar-refractivity contribution in [1.82, 2.24) is 9.78 Å². The molecular weight excluding hydrogens is 304 g/mol. The van der Waals surface area contributed by atoms with Crippen LogP contribution in [0.5, 0.6) is 0 Å². The van der Waals surface area contributed by atoms with Crippen molar-refractivity contribution in [1.29, 1.82) is 0 Å². The standard InChI is InChI=1S/C19H24N2O3/c1-14(12-16-6-4-3-5-7-16)24-19(22)18-13-20-21(15(18)2)17-8-10-23-11-9-17/h3-7,13-14,17H,8-12H2,1-2H3/t14-/m1/s1. The first-order valence-electron chi connectivity index (χ1n) is 8.52. The molecule has 1 aromatic carbocycles. The van der Waals surface area contributed by atoms with Crippen LogP contribution in [0.15, 0.2) is 36.5 Å². The van der Waals surface area contributed by atoms with Gasteiger partial charge in [-0.05, 0) is 32.3 Å². The summed E-state index contributed by atoms with van der Waals surface area (Å²) in [5.41, 5.74) is 2.59. The van der Waals surface area contributed by atoms with Crippen LogP contribution in [-0.4, -0.2) is 35.1 Å². The normalized spacial score (nSPS) is 16.8. The molecule has 1 saturated heterocycles. The Morgan fingerprint density at radius 3 is 2.75 bits per heavy atom. The summed E-state index contributed by atoms with van der Waals surface area (Å²) in [4.78, 5) is 12.5. The second-order valence-corrected chi connectivity index (χ2v) is 6.34. The van der Waals surface area contributed by atoms with Gasteiger partial charge in [0.2, 0.25) is 0 Å². The summed E-state index contributed by atoms with van der Waals surface area (Å²) in [6.45, 7) is 5.35. The van der Waals surface area contributed by atoms with Crippen LogP contribution >= 0.6 is 0 Å². The lowest BCUT2D eigenvalue weighted by molar-refractivity contribution is 0.0341. The molecule has 5 nitrogen and oxygen atoms in total. The molecule has 0 bridgehead atoms. The molecule has 0 N–H and O–H groups in total. The summed E-state index contributed by atoms with van der Waals surface area (Å²) in [7, 11) is 0. The number of aromatic nitrogens is 2. The molecule has 0 saturated carbocycles. The van der Waals surface area contributed by atoms with Crippen LogP contribution in [0, 0.1) is 6.92 Å². The van der Waals surface area contributed by atoms with Crippen molar-refractivity contribution in [3.8, 4) is 0 Å². The summed E-state index contributed by atoms with van der Waals surface area (Å²) >= 11 is 0. The minimum Gasteiger partial charge on any atom is -0.459 e. The summed E-state index contributed by atoms with van der Waals surface area (Å²) in [6.07, 6.45) is 4.02. The van der Waals surface area contributed by atoms with E-state index in [9.17, 15) is 4.79 Å². The van der Waals surface area contributed by atoms with Crippen LogP contribution in [-0.2, 0) is 15.9 Å². The Kier molecular flexibility index (Phi) is 5.30. The highest BCUT2D eigenvalue weighted by molar-refractivity contribution is 5.90. The van der Waals surface area contributed by atoms with Gasteiger partial charge in [-0.1, -0.05) is 30.3 Å². The van der Waals surface area contributed by atoms with Gasteiger partial charge in [0.1, 0.15) is 11.7 Å². The monoisotopic (exact) mass is 328 g/mol. The van der Waals surface area contributed by atoms with Crippen molar-refractivity contribution in [2.45, 2.75) is 45.3 Å². The lowest BCUT2D eigenvalue weighted by Crippen LogP contribution is -2.22. The number of carbonyl (C=O) groups is 1. The van der Waals surface area contributed by atoms with Crippen molar-refractivity contribution in [2.75, 3.05) is 13.2 Å². The summed E-state index contributed by atoms with van der Waals surface area (Å²) in [6, 6.07) is 10.4. The van der Waals surface area contributed by atoms with E-state index in [0.29, 0.717) is 18.0 Å². The molecule has 128 valence electrons. The lowest BCUT2D eigenvalue weighted by Gasteiger charge is -2.23. The van der Waals surface area contributed by atoms with Gasteiger partial charge in [0.05, 0.1) is 17.9 Å². The molecule has 0 radical (unpaired) electrons. The van der Waals surface area contributed by atoms with E-state index in [1.807, 2.05) is 48.9 Å². The number of esters is 1. The first kappa shape index (κ1) is 16.7. The average Bonchev–Trinajstić information content (AvgIpc) is 2.98. The van der Waals surface area contributed by atoms with Gasteiger partial charge in [0.15, 0.2) is 0 Å². The fourth-order valence-corrected chi connectivity index (χ4v) is 3.16. The number of rotatable bonds is 5. The van der Waals surface area contributed by atoms with Gasteiger partial charge >= 0.3 is 5.97 Å². The fraction of sp³-hybridized carbons (Fsp3) is 0.474. The molecule has 0 amide bonds. The molecule has 2 aromatic rings. The van der Waals surface area contributed by atoms with Crippen molar-refractivity contribution in [2.24, 2.45) is 0 Å². The third-order valence-corrected chi connectivity index (χ3v) is 4.48. The van der Waals surface area contributed by atoms with Crippen LogP contribution in [0.1, 0.15) is 47.4 Å². The van der Waals surface area contributed by atoms with E-state index in [1.54, 1.807) is 6.20 Å². The van der Waals surface area contributed by atoms with Gasteiger partial charge in [0, 0.05) is 19.6 Å². The minimum atomic E-state index is -0.297. The van der Waals surface area contributed by atoms with Gasteiger partial charge in [-0.25, -0.2) is 4.79 Å². The van der Waals surface area contributed by atoms with Crippen LogP contribution in [0.25, 0.3) is 0 Å². The molecule has 0 aliphatic carbocycles. The molecule has 1 fully saturated rings. The van der Waals surface area contributed by atoms with Crippen LogP contribution in [0.4, 0.5) is 0 Å². The summed E-state index contributed by atoms with van der Waals surface area (Å²) in [5.74, 6) is -0.297. The number of nitrogens with zero attached hydrogens (tertiary/aromatic N) is 2. The SMILES string of the molecule is Cc1c(C(=O)O[C@H](C)Cc2ccccc2)cnn1C1CCOCC1. The maximum absolute atomic E-state index is 12.5. The van der Waals surface area contributed by atoms with Crippen molar-refractivity contribution >= 4 is 5.97 Å². The molecular formula is C19H24N2O3. The zero-order valence-electron chi connectivity index (χ0n) is 14.3. The molecule has 2 heterocycles. The first-order valence-corrected chi connectivity index (χ1v) is 8.52. The molecule has 0 spiro atoms. The molecule has 0 unspecified atom stereocenters. The van der Waals surface area contributed by atoms with Gasteiger partial charge in [-0.2, -0.15) is 5.10 Å². The molecule has 5 heteroatoms. The maximum atomic E-state index is 12.5. The molecule has 1 aromatic heterocycles. The van der Waals surface area contributed by atoms with Crippen molar-refractivity contribution < 1.29 is 14.3 Å². The van der Waals surface area contributed by atoms with E-state index in [1.165, 1.54) is 0 Å². The van der Waals surface area contributed by atoms with E-state index in [-0.39, 0.29) is 12.1 Å². The Hall–Kier alpha value is -2.14. The van der Waals surface area contributed by atoms with E-state index in [4.69, 9.17) is 9.47 Å². The van der Waals surface area contributed by atoms with E-state index in [0.717, 1.165) is 37.3 Å². The average molecular weight is 328 g/mol. The van der Waals surface area contributed by atoms with E-state index in [2.05, 4.69) is 5.10 Å². The Balaban J connectivity index is 1.63. The Bertz CT molecular complexity index is 675. The minimum absolute atomic E-state index is 0.175. The van der Waals surface area contributed by atoms with E-state index >= 15 is 0 Å².